The van der Waals surface area contributed by atoms with Crippen LogP contribution in [0.2, 0.25) is 0 Å². The van der Waals surface area contributed by atoms with E-state index in [-0.39, 0.29) is 17.7 Å². The standard InChI is InChI=1S/C14H23N5O2/c1-4-19-12(11(15)9-16-19)14(21)18-7-5-10(6-8-18)13(20)17(2)3/h9-10H,4-8,15H2,1-3H3. The normalized spacial score (nSPS) is 16.0. The van der Waals surface area contributed by atoms with Crippen LogP contribution in [0, 0.1) is 5.92 Å². The Bertz CT molecular complexity index is 529. The van der Waals surface area contributed by atoms with Gasteiger partial charge < -0.3 is 15.5 Å². The predicted octanol–water partition coefficient (Wildman–Crippen LogP) is 0.426. The van der Waals surface area contributed by atoms with Crippen molar-refractivity contribution in [1.29, 1.82) is 0 Å². The zero-order chi connectivity index (χ0) is 15.6. The highest BCUT2D eigenvalue weighted by atomic mass is 16.2. The van der Waals surface area contributed by atoms with E-state index in [0.29, 0.717) is 43.9 Å². The molecule has 2 heterocycles. The minimum Gasteiger partial charge on any atom is -0.396 e. The minimum atomic E-state index is -0.0948. The van der Waals surface area contributed by atoms with Crippen molar-refractivity contribution < 1.29 is 9.59 Å². The van der Waals surface area contributed by atoms with Gasteiger partial charge in [0.05, 0.1) is 11.9 Å². The van der Waals surface area contributed by atoms with Crippen LogP contribution >= 0.6 is 0 Å². The van der Waals surface area contributed by atoms with Gasteiger partial charge in [-0.3, -0.25) is 14.3 Å². The Morgan fingerprint density at radius 1 is 1.38 bits per heavy atom. The van der Waals surface area contributed by atoms with Crippen LogP contribution in [0.25, 0.3) is 0 Å². The van der Waals surface area contributed by atoms with Crippen molar-refractivity contribution in [2.45, 2.75) is 26.3 Å². The fraction of sp³-hybridized carbons (Fsp3) is 0.643. The number of likely N-dealkylation sites (tertiary alicyclic amines) is 1. The number of aromatic nitrogens is 2. The van der Waals surface area contributed by atoms with E-state index in [1.165, 1.54) is 6.20 Å². The van der Waals surface area contributed by atoms with Crippen LogP contribution in [-0.4, -0.2) is 58.6 Å². The summed E-state index contributed by atoms with van der Waals surface area (Å²) in [5.41, 5.74) is 6.71. The number of piperidine rings is 1. The predicted molar refractivity (Wildman–Crippen MR) is 79.6 cm³/mol. The second-order valence-electron chi connectivity index (χ2n) is 5.56. The van der Waals surface area contributed by atoms with Crippen LogP contribution in [0.4, 0.5) is 5.69 Å². The zero-order valence-corrected chi connectivity index (χ0v) is 12.9. The summed E-state index contributed by atoms with van der Waals surface area (Å²) >= 11 is 0. The van der Waals surface area contributed by atoms with Gasteiger partial charge in [0.1, 0.15) is 5.69 Å². The van der Waals surface area contributed by atoms with Crippen molar-refractivity contribution in [3.8, 4) is 0 Å². The van der Waals surface area contributed by atoms with E-state index >= 15 is 0 Å². The average Bonchev–Trinajstić information content (AvgIpc) is 2.86. The Kier molecular flexibility index (Phi) is 4.50. The molecule has 0 bridgehead atoms. The molecular weight excluding hydrogens is 270 g/mol. The van der Waals surface area contributed by atoms with Crippen molar-refractivity contribution >= 4 is 17.5 Å². The average molecular weight is 293 g/mol. The SMILES string of the molecule is CCn1ncc(N)c1C(=O)N1CCC(C(=O)N(C)C)CC1. The summed E-state index contributed by atoms with van der Waals surface area (Å²) in [6.07, 6.45) is 2.91. The fourth-order valence-electron chi connectivity index (χ4n) is 2.72. The van der Waals surface area contributed by atoms with E-state index in [1.807, 2.05) is 6.92 Å². The first-order valence-electron chi connectivity index (χ1n) is 7.27. The molecule has 7 nitrogen and oxygen atoms in total. The summed E-state index contributed by atoms with van der Waals surface area (Å²) in [7, 11) is 3.53. The molecule has 1 saturated heterocycles. The highest BCUT2D eigenvalue weighted by molar-refractivity contribution is 5.97. The van der Waals surface area contributed by atoms with Gasteiger partial charge in [-0.2, -0.15) is 5.10 Å². The highest BCUT2D eigenvalue weighted by Crippen LogP contribution is 2.22. The summed E-state index contributed by atoms with van der Waals surface area (Å²) in [6, 6.07) is 0. The third-order valence-corrected chi connectivity index (χ3v) is 3.94. The second kappa shape index (κ2) is 6.15. The maximum Gasteiger partial charge on any atom is 0.274 e. The maximum atomic E-state index is 12.6. The lowest BCUT2D eigenvalue weighted by Gasteiger charge is -2.32. The molecule has 116 valence electrons. The van der Waals surface area contributed by atoms with E-state index < -0.39 is 0 Å². The van der Waals surface area contributed by atoms with Crippen LogP contribution in [0.15, 0.2) is 6.20 Å². The molecule has 1 aromatic rings. The van der Waals surface area contributed by atoms with E-state index in [2.05, 4.69) is 5.10 Å². The molecule has 1 fully saturated rings. The van der Waals surface area contributed by atoms with Crippen LogP contribution in [0.3, 0.4) is 0 Å². The van der Waals surface area contributed by atoms with E-state index in [9.17, 15) is 9.59 Å². The Labute approximate surface area is 124 Å². The van der Waals surface area contributed by atoms with Crippen molar-refractivity contribution in [3.63, 3.8) is 0 Å². The number of nitrogen functional groups attached to an aromatic ring is 1. The molecule has 0 spiro atoms. The van der Waals surface area contributed by atoms with Gasteiger partial charge in [-0.05, 0) is 19.8 Å². The van der Waals surface area contributed by atoms with Crippen LogP contribution in [0.5, 0.6) is 0 Å². The second-order valence-corrected chi connectivity index (χ2v) is 5.56. The lowest BCUT2D eigenvalue weighted by atomic mass is 9.95. The maximum absolute atomic E-state index is 12.6. The molecule has 2 amide bonds. The number of rotatable bonds is 3. The number of carbonyl (C=O) groups excluding carboxylic acids is 2. The molecule has 0 aromatic carbocycles. The van der Waals surface area contributed by atoms with Gasteiger partial charge in [0.25, 0.3) is 5.91 Å². The summed E-state index contributed by atoms with van der Waals surface area (Å²) in [5.74, 6) is 0.0558. The molecule has 0 saturated carbocycles. The lowest BCUT2D eigenvalue weighted by molar-refractivity contribution is -0.134. The smallest absolute Gasteiger partial charge is 0.274 e. The van der Waals surface area contributed by atoms with E-state index in [1.54, 1.807) is 28.6 Å². The van der Waals surface area contributed by atoms with Gasteiger partial charge in [0.15, 0.2) is 0 Å². The molecule has 2 N–H and O–H groups in total. The number of nitrogens with zero attached hydrogens (tertiary/aromatic N) is 4. The Balaban J connectivity index is 2.04. The number of hydrogen-bond acceptors (Lipinski definition) is 4. The highest BCUT2D eigenvalue weighted by Gasteiger charge is 2.30. The van der Waals surface area contributed by atoms with Gasteiger partial charge in [-0.1, -0.05) is 0 Å². The summed E-state index contributed by atoms with van der Waals surface area (Å²) in [6.45, 7) is 3.69. The number of anilines is 1. The molecular formula is C14H23N5O2. The first-order valence-corrected chi connectivity index (χ1v) is 7.27. The molecule has 0 unspecified atom stereocenters. The lowest BCUT2D eigenvalue weighted by Crippen LogP contribution is -2.43. The van der Waals surface area contributed by atoms with Crippen molar-refractivity contribution in [1.82, 2.24) is 19.6 Å². The van der Waals surface area contributed by atoms with Gasteiger partial charge >= 0.3 is 0 Å². The van der Waals surface area contributed by atoms with Gasteiger partial charge in [-0.15, -0.1) is 0 Å². The third kappa shape index (κ3) is 3.01. The molecule has 2 rings (SSSR count). The van der Waals surface area contributed by atoms with Crippen LogP contribution in [0.1, 0.15) is 30.3 Å². The van der Waals surface area contributed by atoms with Crippen LogP contribution < -0.4 is 5.73 Å². The largest absolute Gasteiger partial charge is 0.396 e. The monoisotopic (exact) mass is 293 g/mol. The first kappa shape index (κ1) is 15.3. The number of nitrogens with two attached hydrogens (primary N) is 1. The summed E-state index contributed by atoms with van der Waals surface area (Å²) < 4.78 is 1.62. The first-order chi connectivity index (χ1) is 9.95. The molecule has 0 atom stereocenters. The van der Waals surface area contributed by atoms with Gasteiger partial charge in [-0.25, -0.2) is 0 Å². The van der Waals surface area contributed by atoms with E-state index in [4.69, 9.17) is 5.73 Å². The molecule has 0 aliphatic carbocycles. The Morgan fingerprint density at radius 2 is 2.00 bits per heavy atom. The molecule has 1 aromatic heterocycles. The minimum absolute atomic E-state index is 0.0116. The molecule has 1 aliphatic heterocycles. The Hall–Kier alpha value is -2.05. The number of aryl methyl sites for hydroxylation is 1. The summed E-state index contributed by atoms with van der Waals surface area (Å²) in [5, 5.41) is 4.10. The number of hydrogen-bond donors (Lipinski definition) is 1. The van der Waals surface area contributed by atoms with Crippen LogP contribution in [-0.2, 0) is 11.3 Å². The fourth-order valence-corrected chi connectivity index (χ4v) is 2.72. The molecule has 7 heteroatoms. The van der Waals surface area contributed by atoms with E-state index in [0.717, 1.165) is 0 Å². The zero-order valence-electron chi connectivity index (χ0n) is 12.9. The number of amides is 2. The van der Waals surface area contributed by atoms with Gasteiger partial charge in [0.2, 0.25) is 5.91 Å². The van der Waals surface area contributed by atoms with Crippen molar-refractivity contribution in [2.24, 2.45) is 5.92 Å². The Morgan fingerprint density at radius 3 is 2.52 bits per heavy atom. The van der Waals surface area contributed by atoms with Crippen molar-refractivity contribution in [3.05, 3.63) is 11.9 Å². The number of carbonyl (C=O) groups is 2. The van der Waals surface area contributed by atoms with Crippen molar-refractivity contribution in [2.75, 3.05) is 32.9 Å². The quantitative estimate of drug-likeness (QED) is 0.875. The molecule has 1 aliphatic rings. The molecule has 21 heavy (non-hydrogen) atoms. The summed E-state index contributed by atoms with van der Waals surface area (Å²) in [4.78, 5) is 27.9. The van der Waals surface area contributed by atoms with Gasteiger partial charge in [0, 0.05) is 39.6 Å². The third-order valence-electron chi connectivity index (χ3n) is 3.94. The topological polar surface area (TPSA) is 84.5 Å². The molecule has 0 radical (unpaired) electrons.